The van der Waals surface area contributed by atoms with Crippen LogP contribution in [0.25, 0.3) is 27.9 Å². The van der Waals surface area contributed by atoms with Gasteiger partial charge >= 0.3 is 6.36 Å². The number of benzene rings is 2. The molecule has 2 aromatic heterocycles. The van der Waals surface area contributed by atoms with E-state index in [4.69, 9.17) is 17.3 Å². The first-order valence-electron chi connectivity index (χ1n) is 10.4. The lowest BCUT2D eigenvalue weighted by Crippen LogP contribution is -2.51. The number of alkyl halides is 3. The molecule has 1 amide bonds. The van der Waals surface area contributed by atoms with Crippen LogP contribution in [0.4, 0.5) is 13.2 Å². The van der Waals surface area contributed by atoms with Crippen LogP contribution in [0, 0.1) is 0 Å². The van der Waals surface area contributed by atoms with Crippen LogP contribution < -0.4 is 15.8 Å². The maximum absolute atomic E-state index is 13.0. The molecule has 2 heterocycles. The van der Waals surface area contributed by atoms with Gasteiger partial charge in [0.15, 0.2) is 22.8 Å². The van der Waals surface area contributed by atoms with Gasteiger partial charge in [0.25, 0.3) is 0 Å². The molecule has 4 aromatic rings. The van der Waals surface area contributed by atoms with Gasteiger partial charge in [-0.25, -0.2) is 9.97 Å². The second kappa shape index (κ2) is 9.25. The number of hydrogen-bond donors (Lipinski definition) is 2. The number of carbonyl (C=O) groups is 1. The van der Waals surface area contributed by atoms with Crippen LogP contribution in [-0.4, -0.2) is 38.4 Å². The van der Waals surface area contributed by atoms with E-state index in [0.717, 1.165) is 6.07 Å². The first kappa shape index (κ1) is 25.1. The molecule has 0 bridgehead atoms. The van der Waals surface area contributed by atoms with Crippen LogP contribution in [0.5, 0.6) is 5.75 Å². The molecule has 0 aliphatic heterocycles. The summed E-state index contributed by atoms with van der Waals surface area (Å²) in [6.07, 6.45) is -4.27. The third kappa shape index (κ3) is 4.91. The van der Waals surface area contributed by atoms with Gasteiger partial charge in [0.1, 0.15) is 5.75 Å². The summed E-state index contributed by atoms with van der Waals surface area (Å²) in [5.41, 5.74) is 5.44. The largest absolute Gasteiger partial charge is 0.573 e. The van der Waals surface area contributed by atoms with Gasteiger partial charge < -0.3 is 15.8 Å². The molecule has 0 aliphatic rings. The lowest BCUT2D eigenvalue weighted by Gasteiger charge is -2.23. The Labute approximate surface area is 210 Å². The van der Waals surface area contributed by atoms with Crippen LogP contribution in [0.3, 0.4) is 0 Å². The zero-order valence-electron chi connectivity index (χ0n) is 18.5. The van der Waals surface area contributed by atoms with Crippen molar-refractivity contribution in [2.75, 3.05) is 6.54 Å². The predicted octanol–water partition coefficient (Wildman–Crippen LogP) is 4.96. The summed E-state index contributed by atoms with van der Waals surface area (Å²) in [5, 5.41) is 7.71. The molecule has 3 N–H and O–H groups in total. The van der Waals surface area contributed by atoms with Crippen LogP contribution >= 0.6 is 27.5 Å². The second-order valence-electron chi connectivity index (χ2n) is 7.89. The SMILES string of the molecule is CCCNC(=O)[C@@](C)(N)c1nc2c(Br)cccc2c2nc(-c3ccc(Cl)cc3OC(F)(F)F)nn12. The number of hydrogen-bond acceptors (Lipinski definition) is 6. The van der Waals surface area contributed by atoms with Crippen molar-refractivity contribution in [3.63, 3.8) is 0 Å². The number of para-hydroxylation sites is 1. The number of nitrogens with zero attached hydrogens (tertiary/aromatic N) is 4. The van der Waals surface area contributed by atoms with E-state index in [1.54, 1.807) is 18.2 Å². The highest BCUT2D eigenvalue weighted by Gasteiger charge is 2.37. The Kier molecular flexibility index (Phi) is 6.64. The van der Waals surface area contributed by atoms with Gasteiger partial charge in [-0.05, 0) is 59.6 Å². The second-order valence-corrected chi connectivity index (χ2v) is 9.18. The molecule has 35 heavy (non-hydrogen) atoms. The average Bonchev–Trinajstić information content (AvgIpc) is 3.21. The van der Waals surface area contributed by atoms with Gasteiger partial charge in [-0.15, -0.1) is 18.3 Å². The zero-order chi connectivity index (χ0) is 25.5. The number of rotatable bonds is 6. The van der Waals surface area contributed by atoms with Gasteiger partial charge in [-0.3, -0.25) is 4.79 Å². The van der Waals surface area contributed by atoms with E-state index in [1.807, 2.05) is 6.92 Å². The first-order valence-corrected chi connectivity index (χ1v) is 11.6. The van der Waals surface area contributed by atoms with Crippen LogP contribution in [-0.2, 0) is 10.3 Å². The Bertz CT molecular complexity index is 1440. The Hall–Kier alpha value is -2.96. The minimum Gasteiger partial charge on any atom is -0.405 e. The van der Waals surface area contributed by atoms with Gasteiger partial charge in [0.2, 0.25) is 5.91 Å². The van der Waals surface area contributed by atoms with Crippen molar-refractivity contribution < 1.29 is 22.7 Å². The number of halogens is 5. The van der Waals surface area contributed by atoms with Crippen LogP contribution in [0.1, 0.15) is 26.1 Å². The predicted molar refractivity (Wildman–Crippen MR) is 128 cm³/mol. The number of ether oxygens (including phenoxy) is 1. The Morgan fingerprint density at radius 2 is 2.00 bits per heavy atom. The van der Waals surface area contributed by atoms with Crippen molar-refractivity contribution in [1.29, 1.82) is 0 Å². The molecule has 0 saturated carbocycles. The monoisotopic (exact) mass is 570 g/mol. The Morgan fingerprint density at radius 1 is 1.26 bits per heavy atom. The van der Waals surface area contributed by atoms with E-state index in [2.05, 4.69) is 41.1 Å². The molecule has 0 spiro atoms. The summed E-state index contributed by atoms with van der Waals surface area (Å²) in [7, 11) is 0. The summed E-state index contributed by atoms with van der Waals surface area (Å²) in [5.74, 6) is -1.12. The standard InChI is InChI=1S/C22H19BrClF3N6O2/c1-3-9-29-20(34)21(2,28)19-30-16-13(5-4-6-14(16)23)18-31-17(32-33(18)19)12-8-7-11(24)10-15(12)35-22(25,26)27/h4-8,10H,3,9,28H2,1-2H3,(H,29,34)/t21-/m0/s1. The minimum absolute atomic E-state index is 0.0376. The Morgan fingerprint density at radius 3 is 2.69 bits per heavy atom. The van der Waals surface area contributed by atoms with E-state index in [9.17, 15) is 18.0 Å². The first-order chi connectivity index (χ1) is 16.4. The molecule has 1 atom stereocenters. The molecule has 184 valence electrons. The number of nitrogens with two attached hydrogens (primary N) is 1. The number of carbonyl (C=O) groups excluding carboxylic acids is 1. The third-order valence-electron chi connectivity index (χ3n) is 5.14. The van der Waals surface area contributed by atoms with Crippen molar-refractivity contribution in [3.8, 4) is 17.1 Å². The highest BCUT2D eigenvalue weighted by atomic mass is 79.9. The maximum Gasteiger partial charge on any atom is 0.573 e. The summed E-state index contributed by atoms with van der Waals surface area (Å²) in [4.78, 5) is 22.0. The minimum atomic E-state index is -4.96. The van der Waals surface area contributed by atoms with Crippen molar-refractivity contribution in [2.45, 2.75) is 32.2 Å². The zero-order valence-corrected chi connectivity index (χ0v) is 20.8. The molecular formula is C22H19BrClF3N6O2. The van der Waals surface area contributed by atoms with Gasteiger partial charge in [-0.1, -0.05) is 24.6 Å². The molecule has 2 aromatic carbocycles. The number of fused-ring (bicyclic) bond motifs is 3. The number of nitrogens with one attached hydrogen (secondary N) is 1. The van der Waals surface area contributed by atoms with Crippen molar-refractivity contribution in [2.24, 2.45) is 5.73 Å². The quantitative estimate of drug-likeness (QED) is 0.339. The molecule has 0 unspecified atom stereocenters. The molecule has 0 aliphatic carbocycles. The van der Waals surface area contributed by atoms with Gasteiger partial charge in [0, 0.05) is 21.4 Å². The topological polar surface area (TPSA) is 107 Å². The van der Waals surface area contributed by atoms with E-state index < -0.39 is 23.6 Å². The molecular weight excluding hydrogens is 553 g/mol. The highest BCUT2D eigenvalue weighted by Crippen LogP contribution is 2.36. The highest BCUT2D eigenvalue weighted by molar-refractivity contribution is 9.10. The van der Waals surface area contributed by atoms with Crippen LogP contribution in [0.2, 0.25) is 5.02 Å². The normalized spacial score (nSPS) is 13.7. The number of aromatic nitrogens is 4. The molecule has 4 rings (SSSR count). The molecule has 0 radical (unpaired) electrons. The summed E-state index contributed by atoms with van der Waals surface area (Å²) < 4.78 is 45.2. The lowest BCUT2D eigenvalue weighted by atomic mass is 10.0. The fraction of sp³-hybridized carbons (Fsp3) is 0.273. The summed E-state index contributed by atoms with van der Waals surface area (Å²) in [6, 6.07) is 8.97. The Balaban J connectivity index is 2.00. The fourth-order valence-corrected chi connectivity index (χ4v) is 4.08. The maximum atomic E-state index is 13.0. The third-order valence-corrected chi connectivity index (χ3v) is 6.01. The number of amides is 1. The summed E-state index contributed by atoms with van der Waals surface area (Å²) in [6.45, 7) is 3.77. The van der Waals surface area contributed by atoms with Crippen LogP contribution in [0.15, 0.2) is 40.9 Å². The average molecular weight is 572 g/mol. The molecule has 0 fully saturated rings. The molecule has 0 saturated heterocycles. The van der Waals surface area contributed by atoms with E-state index >= 15 is 0 Å². The fourth-order valence-electron chi connectivity index (χ4n) is 3.46. The van der Waals surface area contributed by atoms with Gasteiger partial charge in [0.05, 0.1) is 11.1 Å². The van der Waals surface area contributed by atoms with Gasteiger partial charge in [-0.2, -0.15) is 4.52 Å². The smallest absolute Gasteiger partial charge is 0.405 e. The lowest BCUT2D eigenvalue weighted by molar-refractivity contribution is -0.274. The van der Waals surface area contributed by atoms with E-state index in [0.29, 0.717) is 28.3 Å². The van der Waals surface area contributed by atoms with E-state index in [-0.39, 0.29) is 27.9 Å². The van der Waals surface area contributed by atoms with E-state index in [1.165, 1.54) is 23.6 Å². The van der Waals surface area contributed by atoms with Crippen molar-refractivity contribution in [3.05, 3.63) is 51.7 Å². The van der Waals surface area contributed by atoms with Crippen molar-refractivity contribution >= 4 is 50.0 Å². The summed E-state index contributed by atoms with van der Waals surface area (Å²) >= 11 is 9.35. The van der Waals surface area contributed by atoms with Crippen molar-refractivity contribution in [1.82, 2.24) is 24.9 Å². The molecule has 13 heteroatoms. The molecule has 8 nitrogen and oxygen atoms in total.